The quantitative estimate of drug-likeness (QED) is 0.0667. The van der Waals surface area contributed by atoms with Crippen LogP contribution in [0.15, 0.2) is 0 Å². The van der Waals surface area contributed by atoms with E-state index < -0.39 is 0 Å². The topological polar surface area (TPSA) is 131 Å². The number of aliphatic hydroxyl groups excluding tert-OH is 2. The minimum absolute atomic E-state index is 0.0841. The third-order valence-electron chi connectivity index (χ3n) is 24.4. The molecule has 0 bridgehead atoms. The van der Waals surface area contributed by atoms with E-state index >= 15 is 0 Å². The minimum atomic E-state index is -0.247. The molecule has 2 aliphatic heterocycles. The molecular weight excluding hydrogens is 941 g/mol. The van der Waals surface area contributed by atoms with Gasteiger partial charge in [-0.25, -0.2) is 0 Å². The third kappa shape index (κ3) is 14.0. The van der Waals surface area contributed by atoms with Crippen LogP contribution in [0.3, 0.4) is 0 Å². The molecule has 8 saturated carbocycles. The van der Waals surface area contributed by atoms with E-state index in [1.165, 1.54) is 154 Å². The second-order valence-electron chi connectivity index (χ2n) is 30.0. The molecule has 8 N–H and O–H groups in total. The summed E-state index contributed by atoms with van der Waals surface area (Å²) in [5.74, 6) is 11.3. The second kappa shape index (κ2) is 27.3. The zero-order valence-corrected chi connectivity index (χ0v) is 50.1. The lowest BCUT2D eigenvalue weighted by atomic mass is 9.61. The maximum absolute atomic E-state index is 11.8. The SMILES string of the molecule is CC1CCC(C2NC(C3CCC(C)CC3C)NC(C3C(OCCCCCCCCOC4CC(O)C5CCCCC5C4C4NC(C5CCC(C)CC5C)NC(C5CCC(C)CC5C)N4)CC(O)C4CCCCC43)N2)C(C)C1. The van der Waals surface area contributed by atoms with Crippen molar-refractivity contribution in [3.05, 3.63) is 0 Å². The predicted molar refractivity (Wildman–Crippen MR) is 311 cm³/mol. The highest BCUT2D eigenvalue weighted by Crippen LogP contribution is 2.50. The number of aliphatic hydroxyl groups is 2. The summed E-state index contributed by atoms with van der Waals surface area (Å²) in [5.41, 5.74) is 0. The summed E-state index contributed by atoms with van der Waals surface area (Å²) in [6.45, 7) is 21.6. The first kappa shape index (κ1) is 58.8. The molecule has 10 nitrogen and oxygen atoms in total. The summed E-state index contributed by atoms with van der Waals surface area (Å²) in [6, 6.07) is 0. The van der Waals surface area contributed by atoms with Crippen LogP contribution in [-0.4, -0.2) is 84.8 Å². The first-order valence-electron chi connectivity index (χ1n) is 33.9. The lowest BCUT2D eigenvalue weighted by molar-refractivity contribution is -0.136. The normalized spacial score (nSPS) is 50.6. The van der Waals surface area contributed by atoms with Crippen LogP contribution in [0.5, 0.6) is 0 Å². The van der Waals surface area contributed by atoms with Crippen molar-refractivity contribution in [2.75, 3.05) is 13.2 Å². The molecule has 10 rings (SSSR count). The van der Waals surface area contributed by atoms with E-state index in [0.717, 1.165) is 62.6 Å². The molecule has 8 aliphatic carbocycles. The standard InChI is InChI=1S/C66H120N6O4/c1-39-23-27-47(43(5)33-39)61-67-62(48-28-24-40(2)34-44(48)6)70-65(69-61)59-53-21-15-13-19-51(53)55(73)37-57(59)75-31-17-11-9-10-12-18-32-76-58-38-56(74)52-20-14-16-22-54(52)60(58)66-71-63(49-29-25-41(3)35-45(49)7)68-64(72-66)50-30-26-42(4)36-46(50)8/h39-74H,9-38H2,1-8H3. The van der Waals surface area contributed by atoms with Gasteiger partial charge in [0, 0.05) is 37.9 Å². The maximum atomic E-state index is 11.8. The number of nitrogens with one attached hydrogen (secondary N) is 6. The Bertz CT molecular complexity index is 1550. The number of hydrogen-bond donors (Lipinski definition) is 8. The maximum Gasteiger partial charge on any atom is 0.0658 e. The highest BCUT2D eigenvalue weighted by molar-refractivity contribution is 5.06. The number of ether oxygens (including phenoxy) is 2. The zero-order valence-electron chi connectivity index (χ0n) is 50.1. The van der Waals surface area contributed by atoms with Gasteiger partial charge in [-0.2, -0.15) is 0 Å². The van der Waals surface area contributed by atoms with Gasteiger partial charge in [0.2, 0.25) is 0 Å². The van der Waals surface area contributed by atoms with E-state index in [9.17, 15) is 10.2 Å². The molecule has 0 spiro atoms. The first-order chi connectivity index (χ1) is 36.8. The Kier molecular flexibility index (Phi) is 21.1. The van der Waals surface area contributed by atoms with Gasteiger partial charge in [-0.05, 0) is 185 Å². The highest BCUT2D eigenvalue weighted by Gasteiger charge is 2.54. The molecule has 26 atom stereocenters. The molecule has 10 aliphatic rings. The summed E-state index contributed by atoms with van der Waals surface area (Å²) in [4.78, 5) is 0. The monoisotopic (exact) mass is 1060 g/mol. The van der Waals surface area contributed by atoms with Crippen LogP contribution in [0.25, 0.3) is 0 Å². The molecule has 0 aromatic carbocycles. The molecule has 0 aromatic heterocycles. The van der Waals surface area contributed by atoms with Crippen molar-refractivity contribution < 1.29 is 19.7 Å². The molecule has 10 heteroatoms. The molecular formula is C66H120N6O4. The van der Waals surface area contributed by atoms with Crippen LogP contribution in [0.1, 0.15) is 235 Å². The van der Waals surface area contributed by atoms with Crippen molar-refractivity contribution in [1.29, 1.82) is 0 Å². The van der Waals surface area contributed by atoms with E-state index in [4.69, 9.17) is 9.47 Å². The molecule has 0 radical (unpaired) electrons. The molecule has 26 unspecified atom stereocenters. The highest BCUT2D eigenvalue weighted by atomic mass is 16.5. The van der Waals surface area contributed by atoms with Crippen molar-refractivity contribution >= 4 is 0 Å². The molecule has 76 heavy (non-hydrogen) atoms. The number of rotatable bonds is 17. The number of hydrogen-bond acceptors (Lipinski definition) is 10. The van der Waals surface area contributed by atoms with Gasteiger partial charge < -0.3 is 19.7 Å². The second-order valence-corrected chi connectivity index (χ2v) is 30.0. The average Bonchev–Trinajstić information content (AvgIpc) is 3.40. The number of fused-ring (bicyclic) bond motifs is 2. The summed E-state index contributed by atoms with van der Waals surface area (Å²) in [6.07, 6.45) is 35.9. The lowest BCUT2D eigenvalue weighted by Crippen LogP contribution is -2.75. The smallest absolute Gasteiger partial charge is 0.0658 e. The van der Waals surface area contributed by atoms with Crippen molar-refractivity contribution in [2.45, 2.75) is 297 Å². The van der Waals surface area contributed by atoms with Gasteiger partial charge in [0.15, 0.2) is 0 Å². The molecule has 0 amide bonds. The van der Waals surface area contributed by atoms with Crippen molar-refractivity contribution in [2.24, 2.45) is 107 Å². The van der Waals surface area contributed by atoms with Crippen molar-refractivity contribution in [3.8, 4) is 0 Å². The van der Waals surface area contributed by atoms with E-state index in [0.29, 0.717) is 108 Å². The van der Waals surface area contributed by atoms with Crippen LogP contribution in [0.2, 0.25) is 0 Å². The average molecular weight is 1060 g/mol. The molecule has 2 saturated heterocycles. The van der Waals surface area contributed by atoms with Crippen LogP contribution >= 0.6 is 0 Å². The Balaban J connectivity index is 0.732. The predicted octanol–water partition coefficient (Wildman–Crippen LogP) is 12.3. The summed E-state index contributed by atoms with van der Waals surface area (Å²) < 4.78 is 14.2. The largest absolute Gasteiger partial charge is 0.393 e. The van der Waals surface area contributed by atoms with Gasteiger partial charge in [-0.15, -0.1) is 0 Å². The Morgan fingerprint density at radius 1 is 0.303 bits per heavy atom. The van der Waals surface area contributed by atoms with E-state index in [1.807, 2.05) is 0 Å². The van der Waals surface area contributed by atoms with E-state index in [-0.39, 0.29) is 36.7 Å². The van der Waals surface area contributed by atoms with Crippen LogP contribution in [-0.2, 0) is 9.47 Å². The third-order valence-corrected chi connectivity index (χ3v) is 24.4. The van der Waals surface area contributed by atoms with Crippen LogP contribution < -0.4 is 31.9 Å². The van der Waals surface area contributed by atoms with Gasteiger partial charge in [-0.1, -0.05) is 132 Å². The Hall–Kier alpha value is -0.400. The minimum Gasteiger partial charge on any atom is -0.393 e. The Morgan fingerprint density at radius 3 is 0.882 bits per heavy atom. The Morgan fingerprint density at radius 2 is 0.579 bits per heavy atom. The lowest BCUT2D eigenvalue weighted by Gasteiger charge is -2.56. The fourth-order valence-corrected chi connectivity index (χ4v) is 20.3. The summed E-state index contributed by atoms with van der Waals surface area (Å²) in [7, 11) is 0. The van der Waals surface area contributed by atoms with E-state index in [2.05, 4.69) is 87.3 Å². The van der Waals surface area contributed by atoms with Gasteiger partial charge >= 0.3 is 0 Å². The molecule has 2 heterocycles. The number of unbranched alkanes of at least 4 members (excludes halogenated alkanes) is 5. The fourth-order valence-electron chi connectivity index (χ4n) is 20.3. The molecule has 10 fully saturated rings. The van der Waals surface area contributed by atoms with Gasteiger partial charge in [0.25, 0.3) is 0 Å². The van der Waals surface area contributed by atoms with Crippen molar-refractivity contribution in [1.82, 2.24) is 31.9 Å². The summed E-state index contributed by atoms with van der Waals surface area (Å²) in [5, 5.41) is 49.4. The van der Waals surface area contributed by atoms with Crippen LogP contribution in [0.4, 0.5) is 0 Å². The summed E-state index contributed by atoms with van der Waals surface area (Å²) >= 11 is 0. The fraction of sp³-hybridized carbons (Fsp3) is 1.00. The van der Waals surface area contributed by atoms with Gasteiger partial charge in [0.1, 0.15) is 0 Å². The molecule has 438 valence electrons. The van der Waals surface area contributed by atoms with Gasteiger partial charge in [-0.3, -0.25) is 31.9 Å². The van der Waals surface area contributed by atoms with Gasteiger partial charge in [0.05, 0.1) is 61.4 Å². The molecule has 0 aromatic rings. The Labute approximate surface area is 466 Å². The first-order valence-corrected chi connectivity index (χ1v) is 33.9. The van der Waals surface area contributed by atoms with Crippen LogP contribution in [0, 0.1) is 107 Å². The van der Waals surface area contributed by atoms with Crippen molar-refractivity contribution in [3.63, 3.8) is 0 Å². The zero-order chi connectivity index (χ0) is 53.0. The van der Waals surface area contributed by atoms with E-state index in [1.54, 1.807) is 0 Å².